The third-order valence-corrected chi connectivity index (χ3v) is 8.85. The second kappa shape index (κ2) is 9.72. The van der Waals surface area contributed by atoms with Crippen molar-refractivity contribution in [2.45, 2.75) is 37.3 Å². The van der Waals surface area contributed by atoms with Crippen LogP contribution in [0.2, 0.25) is 5.02 Å². The van der Waals surface area contributed by atoms with Gasteiger partial charge in [-0.3, -0.25) is 10.1 Å². The Balaban J connectivity index is 1.63. The minimum atomic E-state index is -0.907. The Hall–Kier alpha value is -3.74. The van der Waals surface area contributed by atoms with Gasteiger partial charge in [-0.05, 0) is 77.3 Å². The topological polar surface area (TPSA) is 51.9 Å². The van der Waals surface area contributed by atoms with Gasteiger partial charge >= 0.3 is 0 Å². The van der Waals surface area contributed by atoms with E-state index in [-0.39, 0.29) is 18.1 Å². The molecule has 2 heterocycles. The summed E-state index contributed by atoms with van der Waals surface area (Å²) in [7, 11) is 1.96. The van der Waals surface area contributed by atoms with Crippen LogP contribution < -0.4 is 10.9 Å². The molecule has 7 heteroatoms. The van der Waals surface area contributed by atoms with E-state index in [2.05, 4.69) is 58.8 Å². The Bertz CT molecular complexity index is 1820. The van der Waals surface area contributed by atoms with Gasteiger partial charge in [0.2, 0.25) is 0 Å². The van der Waals surface area contributed by atoms with E-state index >= 15 is 0 Å². The maximum atomic E-state index is 13.9. The van der Waals surface area contributed by atoms with Gasteiger partial charge in [-0.15, -0.1) is 0 Å². The number of fused-ring (bicyclic) bond motifs is 6. The predicted molar refractivity (Wildman–Crippen MR) is 158 cm³/mol. The Kier molecular flexibility index (Phi) is 6.13. The number of nitrogens with one attached hydrogen (secondary N) is 1. The summed E-state index contributed by atoms with van der Waals surface area (Å²) in [6.45, 7) is -0.373. The molecule has 6 bridgehead atoms. The first-order chi connectivity index (χ1) is 19.5. The summed E-state index contributed by atoms with van der Waals surface area (Å²) in [6.07, 6.45) is 7.18. The number of halogens is 2. The van der Waals surface area contributed by atoms with Crippen LogP contribution in [-0.2, 0) is 25.4 Å². The van der Waals surface area contributed by atoms with E-state index in [1.807, 2.05) is 34.5 Å². The molecule has 1 fully saturated rings. The van der Waals surface area contributed by atoms with E-state index in [0.717, 1.165) is 70.1 Å². The maximum absolute atomic E-state index is 13.9. The highest BCUT2D eigenvalue weighted by Gasteiger charge is 2.39. The molecular weight excluding hydrogens is 523 g/mol. The zero-order chi connectivity index (χ0) is 27.4. The number of pyridine rings is 1. The second-order valence-electron chi connectivity index (χ2n) is 11.0. The van der Waals surface area contributed by atoms with E-state index in [1.54, 1.807) is 12.4 Å². The van der Waals surface area contributed by atoms with Crippen molar-refractivity contribution in [3.8, 4) is 11.1 Å². The van der Waals surface area contributed by atoms with E-state index in [1.165, 1.54) is 5.56 Å². The first-order valence-corrected chi connectivity index (χ1v) is 14.2. The Morgan fingerprint density at radius 1 is 1.05 bits per heavy atom. The Morgan fingerprint density at radius 2 is 1.88 bits per heavy atom. The number of hydrogen-bond acceptors (Lipinski definition) is 3. The van der Waals surface area contributed by atoms with Crippen LogP contribution in [0.25, 0.3) is 22.0 Å². The van der Waals surface area contributed by atoms with Crippen molar-refractivity contribution in [2.24, 2.45) is 7.05 Å². The van der Waals surface area contributed by atoms with Crippen LogP contribution in [0.3, 0.4) is 0 Å². The molecule has 0 saturated heterocycles. The lowest BCUT2D eigenvalue weighted by atomic mass is 9.78. The number of nitrogens with zero attached hydrogens (tertiary/aromatic N) is 3. The van der Waals surface area contributed by atoms with Crippen molar-refractivity contribution in [1.82, 2.24) is 19.4 Å². The van der Waals surface area contributed by atoms with Crippen LogP contribution in [0.1, 0.15) is 46.8 Å². The molecule has 0 amide bonds. The molecule has 2 aliphatic rings. The third kappa shape index (κ3) is 4.01. The van der Waals surface area contributed by atoms with Gasteiger partial charge in [-0.25, -0.2) is 9.37 Å². The number of rotatable bonds is 5. The molecule has 2 aliphatic carbocycles. The molecule has 1 atom stereocenters. The quantitative estimate of drug-likeness (QED) is 0.277. The molecule has 1 N–H and O–H groups in total. The number of hydrogen-bond donors (Lipinski definition) is 1. The van der Waals surface area contributed by atoms with Gasteiger partial charge in [0.1, 0.15) is 12.2 Å². The third-order valence-electron chi connectivity index (χ3n) is 8.48. The molecule has 202 valence electrons. The lowest BCUT2D eigenvalue weighted by molar-refractivity contribution is 0.394. The van der Waals surface area contributed by atoms with Crippen molar-refractivity contribution >= 4 is 22.5 Å². The summed E-state index contributed by atoms with van der Waals surface area (Å²) < 4.78 is 17.8. The van der Waals surface area contributed by atoms with Gasteiger partial charge in [-0.1, -0.05) is 54.1 Å². The van der Waals surface area contributed by atoms with Crippen molar-refractivity contribution < 1.29 is 4.39 Å². The number of benzene rings is 3. The van der Waals surface area contributed by atoms with Crippen molar-refractivity contribution in [3.05, 3.63) is 123 Å². The van der Waals surface area contributed by atoms with E-state index in [4.69, 9.17) is 11.6 Å². The molecule has 1 unspecified atom stereocenters. The van der Waals surface area contributed by atoms with Crippen LogP contribution in [0.4, 0.5) is 4.39 Å². The first kappa shape index (κ1) is 25.2. The van der Waals surface area contributed by atoms with Crippen LogP contribution in [-0.4, -0.2) is 27.3 Å². The summed E-state index contributed by atoms with van der Waals surface area (Å²) in [5, 5.41) is 5.30. The summed E-state index contributed by atoms with van der Waals surface area (Å²) in [6, 6.07) is 22.9. The average molecular weight is 553 g/mol. The largest absolute Gasteiger partial charge is 0.335 e. The summed E-state index contributed by atoms with van der Waals surface area (Å²) in [5.41, 5.74) is 6.99. The predicted octanol–water partition coefficient (Wildman–Crippen LogP) is 6.34. The monoisotopic (exact) mass is 552 g/mol. The van der Waals surface area contributed by atoms with Gasteiger partial charge in [0.25, 0.3) is 5.56 Å². The normalized spacial score (nSPS) is 18.4. The summed E-state index contributed by atoms with van der Waals surface area (Å²) in [4.78, 5) is 17.9. The molecule has 2 aromatic heterocycles. The van der Waals surface area contributed by atoms with E-state index in [9.17, 15) is 9.18 Å². The summed E-state index contributed by atoms with van der Waals surface area (Å²) in [5.74, 6) is 0. The maximum Gasteiger partial charge on any atom is 0.251 e. The number of imidazole rings is 1. The zero-order valence-corrected chi connectivity index (χ0v) is 23.1. The van der Waals surface area contributed by atoms with E-state index in [0.29, 0.717) is 5.02 Å². The number of aryl methyl sites for hydroxylation is 3. The smallest absolute Gasteiger partial charge is 0.251 e. The Labute approximate surface area is 237 Å². The van der Waals surface area contributed by atoms with Gasteiger partial charge in [0, 0.05) is 36.1 Å². The van der Waals surface area contributed by atoms with Gasteiger partial charge in [0.15, 0.2) is 0 Å². The number of aromatic nitrogens is 3. The molecule has 1 saturated carbocycles. The molecular formula is C33H30ClFN4O. The molecule has 0 radical (unpaired) electrons. The fourth-order valence-electron chi connectivity index (χ4n) is 6.42. The van der Waals surface area contributed by atoms with Crippen LogP contribution in [0.5, 0.6) is 0 Å². The van der Waals surface area contributed by atoms with Crippen LogP contribution >= 0.6 is 11.6 Å². The Morgan fingerprint density at radius 3 is 2.65 bits per heavy atom. The van der Waals surface area contributed by atoms with Gasteiger partial charge < -0.3 is 9.13 Å². The van der Waals surface area contributed by atoms with Crippen LogP contribution in [0.15, 0.2) is 84.0 Å². The van der Waals surface area contributed by atoms with Crippen molar-refractivity contribution in [3.63, 3.8) is 0 Å². The lowest BCUT2D eigenvalue weighted by Gasteiger charge is -2.37. The molecule has 0 spiro atoms. The first-order valence-electron chi connectivity index (χ1n) is 13.9. The van der Waals surface area contributed by atoms with Gasteiger partial charge in [-0.2, -0.15) is 0 Å². The molecule has 40 heavy (non-hydrogen) atoms. The highest BCUT2D eigenvalue weighted by molar-refractivity contribution is 6.31. The standard InChI is InChI=1S/C33H30ClFN4O/c1-38-20-36-19-31(38)33(37-14-13-35)24-7-11-29(34)23(16-24)6-5-21-3-2-4-22(15-21)27-18-32(40)39(26-9-10-26)30-12-8-25(33)17-28(27)30/h2-4,7-8,11-12,15-20,26,37H,5-6,9-10,13-14H2,1H3. The zero-order valence-electron chi connectivity index (χ0n) is 22.3. The highest BCUT2D eigenvalue weighted by atomic mass is 35.5. The minimum absolute atomic E-state index is 0.0272. The fraction of sp³-hybridized carbons (Fsp3) is 0.273. The highest BCUT2D eigenvalue weighted by Crippen LogP contribution is 2.43. The minimum Gasteiger partial charge on any atom is -0.335 e. The van der Waals surface area contributed by atoms with Gasteiger partial charge in [0.05, 0.1) is 23.7 Å². The average Bonchev–Trinajstić information content (AvgIpc) is 3.71. The van der Waals surface area contributed by atoms with Crippen molar-refractivity contribution in [2.75, 3.05) is 13.2 Å². The van der Waals surface area contributed by atoms with E-state index < -0.39 is 12.2 Å². The molecule has 5 nitrogen and oxygen atoms in total. The second-order valence-corrected chi connectivity index (χ2v) is 11.4. The molecule has 3 aromatic carbocycles. The number of alkyl halides is 1. The summed E-state index contributed by atoms with van der Waals surface area (Å²) >= 11 is 6.75. The van der Waals surface area contributed by atoms with Crippen molar-refractivity contribution in [1.29, 1.82) is 0 Å². The van der Waals surface area contributed by atoms with Crippen LogP contribution in [0, 0.1) is 0 Å². The molecule has 7 rings (SSSR count). The SMILES string of the molecule is Cn1cncc1C1(NCCF)c2ccc(Cl)c(c2)CCc2cccc(c2)-c2cc(=O)n(C3CC3)c3ccc1cc23. The molecule has 0 aliphatic heterocycles. The molecule has 5 aromatic rings. The fourth-order valence-corrected chi connectivity index (χ4v) is 6.63. The lowest BCUT2D eigenvalue weighted by Crippen LogP contribution is -2.47.